The zero-order valence-corrected chi connectivity index (χ0v) is 12.3. The van der Waals surface area contributed by atoms with Gasteiger partial charge in [-0.25, -0.2) is 0 Å². The highest BCUT2D eigenvalue weighted by atomic mass is 16.4. The topological polar surface area (TPSA) is 50.2 Å². The molecule has 0 bridgehead atoms. The smallest absolute Gasteiger partial charge is 0.309 e. The van der Waals surface area contributed by atoms with Crippen molar-refractivity contribution in [3.8, 4) is 0 Å². The van der Waals surface area contributed by atoms with Crippen LogP contribution in [0.2, 0.25) is 0 Å². The van der Waals surface area contributed by atoms with E-state index in [-0.39, 0.29) is 0 Å². The largest absolute Gasteiger partial charge is 0.481 e. The van der Waals surface area contributed by atoms with E-state index < -0.39 is 11.4 Å². The van der Waals surface area contributed by atoms with Crippen molar-refractivity contribution >= 4 is 5.97 Å². The van der Waals surface area contributed by atoms with Crippen molar-refractivity contribution in [2.24, 2.45) is 11.3 Å². The molecule has 110 valence electrons. The van der Waals surface area contributed by atoms with Crippen LogP contribution in [0.25, 0.3) is 0 Å². The highest BCUT2D eigenvalue weighted by molar-refractivity contribution is 5.75. The molecule has 1 heterocycles. The second-order valence-electron chi connectivity index (χ2n) is 6.20. The summed E-state index contributed by atoms with van der Waals surface area (Å²) in [6, 6.07) is 3.88. The van der Waals surface area contributed by atoms with Crippen molar-refractivity contribution in [3.05, 3.63) is 30.1 Å². The molecule has 0 radical (unpaired) electrons. The number of aromatic nitrogens is 1. The number of aliphatic carboxylic acids is 1. The lowest BCUT2D eigenvalue weighted by molar-refractivity contribution is -0.151. The molecule has 1 N–H and O–H groups in total. The summed E-state index contributed by atoms with van der Waals surface area (Å²) in [5, 5.41) is 9.70. The first kappa shape index (κ1) is 15.0. The number of rotatable bonds is 6. The van der Waals surface area contributed by atoms with Gasteiger partial charge in [0.15, 0.2) is 0 Å². The van der Waals surface area contributed by atoms with E-state index in [1.54, 1.807) is 12.4 Å². The predicted molar refractivity (Wildman–Crippen MR) is 79.5 cm³/mol. The Morgan fingerprint density at radius 2 is 2.00 bits per heavy atom. The molecule has 0 amide bonds. The van der Waals surface area contributed by atoms with Gasteiger partial charge in [0.2, 0.25) is 0 Å². The van der Waals surface area contributed by atoms with Gasteiger partial charge in [0.1, 0.15) is 0 Å². The number of hydrogen-bond donors (Lipinski definition) is 1. The quantitative estimate of drug-likeness (QED) is 0.851. The summed E-state index contributed by atoms with van der Waals surface area (Å²) >= 11 is 0. The van der Waals surface area contributed by atoms with Crippen molar-refractivity contribution in [1.29, 1.82) is 0 Å². The van der Waals surface area contributed by atoms with Crippen LogP contribution in [0.1, 0.15) is 57.4 Å². The van der Waals surface area contributed by atoms with Crippen LogP contribution in [0, 0.1) is 11.3 Å². The number of carbonyl (C=O) groups is 1. The van der Waals surface area contributed by atoms with Crippen LogP contribution in [0.3, 0.4) is 0 Å². The van der Waals surface area contributed by atoms with Gasteiger partial charge in [-0.3, -0.25) is 9.78 Å². The average Bonchev–Trinajstić information content (AvgIpc) is 2.47. The molecular weight excluding hydrogens is 250 g/mol. The number of pyridine rings is 1. The fraction of sp³-hybridized carbons (Fsp3) is 0.647. The van der Waals surface area contributed by atoms with Gasteiger partial charge in [0.25, 0.3) is 0 Å². The van der Waals surface area contributed by atoms with E-state index in [1.807, 2.05) is 12.1 Å². The lowest BCUT2D eigenvalue weighted by Gasteiger charge is -2.37. The lowest BCUT2D eigenvalue weighted by Crippen LogP contribution is -2.37. The molecule has 1 aromatic rings. The molecule has 1 fully saturated rings. The molecule has 0 saturated heterocycles. The van der Waals surface area contributed by atoms with Crippen LogP contribution in [0.4, 0.5) is 0 Å². The first-order valence-electron chi connectivity index (χ1n) is 7.78. The Labute approximate surface area is 121 Å². The van der Waals surface area contributed by atoms with Crippen molar-refractivity contribution in [2.75, 3.05) is 0 Å². The van der Waals surface area contributed by atoms with Gasteiger partial charge in [0.05, 0.1) is 5.41 Å². The van der Waals surface area contributed by atoms with E-state index in [9.17, 15) is 9.90 Å². The zero-order valence-electron chi connectivity index (χ0n) is 12.3. The van der Waals surface area contributed by atoms with E-state index in [0.29, 0.717) is 6.42 Å². The van der Waals surface area contributed by atoms with E-state index in [1.165, 1.54) is 19.3 Å². The Morgan fingerprint density at radius 3 is 2.55 bits per heavy atom. The standard InChI is InChI=1S/C17H25NO2/c1-2-3-4-14-5-9-17(10-6-14,16(19)20)13-15-7-11-18-12-8-15/h7-8,11-12,14H,2-6,9-10,13H2,1H3,(H,19,20). The minimum atomic E-state index is -0.622. The first-order valence-corrected chi connectivity index (χ1v) is 7.78. The molecule has 0 spiro atoms. The van der Waals surface area contributed by atoms with Crippen molar-refractivity contribution in [2.45, 2.75) is 58.3 Å². The fourth-order valence-corrected chi connectivity index (χ4v) is 3.37. The Balaban J connectivity index is 2.00. The minimum absolute atomic E-state index is 0.552. The Kier molecular flexibility index (Phi) is 5.16. The van der Waals surface area contributed by atoms with E-state index in [4.69, 9.17) is 0 Å². The van der Waals surface area contributed by atoms with Gasteiger partial charge in [-0.2, -0.15) is 0 Å². The molecule has 1 aliphatic rings. The molecule has 0 aliphatic heterocycles. The SMILES string of the molecule is CCCCC1CCC(Cc2ccncc2)(C(=O)O)CC1. The second kappa shape index (κ2) is 6.87. The summed E-state index contributed by atoms with van der Waals surface area (Å²) in [6.07, 6.45) is 11.7. The fourth-order valence-electron chi connectivity index (χ4n) is 3.37. The van der Waals surface area contributed by atoms with Crippen LogP contribution < -0.4 is 0 Å². The number of carboxylic acid groups (broad SMARTS) is 1. The summed E-state index contributed by atoms with van der Waals surface area (Å²) in [5.41, 5.74) is 0.541. The molecule has 20 heavy (non-hydrogen) atoms. The Bertz CT molecular complexity index is 422. The van der Waals surface area contributed by atoms with E-state index in [0.717, 1.165) is 37.2 Å². The highest BCUT2D eigenvalue weighted by Crippen LogP contribution is 2.43. The van der Waals surface area contributed by atoms with Crippen LogP contribution in [0.5, 0.6) is 0 Å². The van der Waals surface area contributed by atoms with Crippen molar-refractivity contribution in [3.63, 3.8) is 0 Å². The van der Waals surface area contributed by atoms with Gasteiger partial charge < -0.3 is 5.11 Å². The van der Waals surface area contributed by atoms with Gasteiger partial charge in [-0.05, 0) is 55.7 Å². The van der Waals surface area contributed by atoms with Gasteiger partial charge in [0, 0.05) is 12.4 Å². The Morgan fingerprint density at radius 1 is 1.35 bits per heavy atom. The number of unbranched alkanes of at least 4 members (excludes halogenated alkanes) is 1. The van der Waals surface area contributed by atoms with Crippen LogP contribution >= 0.6 is 0 Å². The van der Waals surface area contributed by atoms with Crippen molar-refractivity contribution in [1.82, 2.24) is 4.98 Å². The maximum atomic E-state index is 11.8. The maximum Gasteiger partial charge on any atom is 0.309 e. The molecule has 0 atom stereocenters. The lowest BCUT2D eigenvalue weighted by atomic mass is 9.67. The summed E-state index contributed by atoms with van der Waals surface area (Å²) in [7, 11) is 0. The van der Waals surface area contributed by atoms with Crippen LogP contribution in [-0.4, -0.2) is 16.1 Å². The third kappa shape index (κ3) is 3.59. The summed E-state index contributed by atoms with van der Waals surface area (Å²) in [5.74, 6) is 0.114. The first-order chi connectivity index (χ1) is 9.66. The molecule has 1 saturated carbocycles. The normalized spacial score (nSPS) is 26.4. The monoisotopic (exact) mass is 275 g/mol. The summed E-state index contributed by atoms with van der Waals surface area (Å²) in [6.45, 7) is 2.22. The molecule has 3 nitrogen and oxygen atoms in total. The highest BCUT2D eigenvalue weighted by Gasteiger charge is 2.41. The van der Waals surface area contributed by atoms with E-state index >= 15 is 0 Å². The molecule has 1 aromatic heterocycles. The maximum absolute atomic E-state index is 11.8. The zero-order chi connectivity index (χ0) is 14.4. The molecule has 3 heteroatoms. The van der Waals surface area contributed by atoms with E-state index in [2.05, 4.69) is 11.9 Å². The third-order valence-corrected chi connectivity index (χ3v) is 4.77. The molecular formula is C17H25NO2. The molecule has 1 aliphatic carbocycles. The van der Waals surface area contributed by atoms with Crippen LogP contribution in [-0.2, 0) is 11.2 Å². The summed E-state index contributed by atoms with van der Waals surface area (Å²) in [4.78, 5) is 15.8. The molecule has 0 unspecified atom stereocenters. The summed E-state index contributed by atoms with van der Waals surface area (Å²) < 4.78 is 0. The average molecular weight is 275 g/mol. The van der Waals surface area contributed by atoms with Crippen molar-refractivity contribution < 1.29 is 9.90 Å². The molecule has 0 aromatic carbocycles. The van der Waals surface area contributed by atoms with Crippen LogP contribution in [0.15, 0.2) is 24.5 Å². The van der Waals surface area contributed by atoms with Gasteiger partial charge in [-0.1, -0.05) is 26.2 Å². The minimum Gasteiger partial charge on any atom is -0.481 e. The second-order valence-corrected chi connectivity index (χ2v) is 6.20. The van der Waals surface area contributed by atoms with Gasteiger partial charge in [-0.15, -0.1) is 0 Å². The number of nitrogens with zero attached hydrogens (tertiary/aromatic N) is 1. The predicted octanol–water partition coefficient (Wildman–Crippen LogP) is 4.08. The number of hydrogen-bond acceptors (Lipinski definition) is 2. The number of carboxylic acids is 1. The third-order valence-electron chi connectivity index (χ3n) is 4.77. The Hall–Kier alpha value is -1.38. The van der Waals surface area contributed by atoms with Gasteiger partial charge >= 0.3 is 5.97 Å². The molecule has 2 rings (SSSR count).